The number of hydrogen-bond donors (Lipinski definition) is 0. The van der Waals surface area contributed by atoms with Crippen LogP contribution in [0.2, 0.25) is 0 Å². The van der Waals surface area contributed by atoms with E-state index in [1.165, 1.54) is 36.2 Å². The molecule has 1 aliphatic heterocycles. The molecule has 1 atom stereocenters. The normalized spacial score (nSPS) is 13.6. The van der Waals surface area contributed by atoms with Crippen molar-refractivity contribution in [2.24, 2.45) is 0 Å². The first-order valence-corrected chi connectivity index (χ1v) is 15.6. The summed E-state index contributed by atoms with van der Waals surface area (Å²) in [7, 11) is 0. The summed E-state index contributed by atoms with van der Waals surface area (Å²) >= 11 is 0. The first-order chi connectivity index (χ1) is 23.2. The van der Waals surface area contributed by atoms with Gasteiger partial charge in [0.25, 0.3) is 0 Å². The molecule has 1 aromatic heterocycles. The smallest absolute Gasteiger partial charge is 0.336 e. The fourth-order valence-corrected chi connectivity index (χ4v) is 5.90. The van der Waals surface area contributed by atoms with Crippen LogP contribution in [0.1, 0.15) is 33.4 Å². The number of carbonyl (C=O) groups is 2. The molecule has 5 aromatic rings. The van der Waals surface area contributed by atoms with Gasteiger partial charge in [-0.05, 0) is 58.0 Å². The van der Waals surface area contributed by atoms with Gasteiger partial charge < -0.3 is 9.80 Å². The van der Waals surface area contributed by atoms with Gasteiger partial charge in [0.15, 0.2) is 0 Å². The summed E-state index contributed by atoms with van der Waals surface area (Å²) < 4.78 is 39.4. The number of aromatic nitrogens is 2. The molecule has 1 aliphatic rings. The molecule has 0 aliphatic carbocycles. The number of alkyl halides is 3. The van der Waals surface area contributed by atoms with E-state index in [0.29, 0.717) is 25.1 Å². The summed E-state index contributed by atoms with van der Waals surface area (Å²) in [5, 5.41) is 0. The molecule has 242 valence electrons. The molecule has 0 bridgehead atoms. The Morgan fingerprint density at radius 1 is 0.792 bits per heavy atom. The van der Waals surface area contributed by atoms with E-state index in [9.17, 15) is 22.8 Å². The first-order valence-electron chi connectivity index (χ1n) is 15.6. The molecule has 0 saturated carbocycles. The molecular weight excluding hydrogens is 613 g/mol. The van der Waals surface area contributed by atoms with E-state index >= 15 is 0 Å². The van der Waals surface area contributed by atoms with Crippen molar-refractivity contribution in [1.29, 1.82) is 0 Å². The van der Waals surface area contributed by atoms with Crippen LogP contribution in [-0.2, 0) is 41.7 Å². The van der Waals surface area contributed by atoms with E-state index in [1.54, 1.807) is 17.3 Å². The minimum atomic E-state index is -4.46. The number of benzene rings is 4. The highest BCUT2D eigenvalue weighted by atomic mass is 19.4. The fraction of sp³-hybridized carbons (Fsp3) is 0.179. The van der Waals surface area contributed by atoms with E-state index in [-0.39, 0.29) is 18.9 Å². The second kappa shape index (κ2) is 14.5. The number of nitrogens with zero attached hydrogens (tertiary/aromatic N) is 4. The van der Waals surface area contributed by atoms with Crippen molar-refractivity contribution in [3.63, 3.8) is 0 Å². The summed E-state index contributed by atoms with van der Waals surface area (Å²) in [5.74, 6) is -0.593. The molecular formula is C39H33F3N4O2. The number of hydrogen-bond acceptors (Lipinski definition) is 4. The molecule has 48 heavy (non-hydrogen) atoms. The first kappa shape index (κ1) is 32.4. The molecule has 0 spiro atoms. The minimum absolute atomic E-state index is 0.134. The van der Waals surface area contributed by atoms with Gasteiger partial charge in [0.2, 0.25) is 11.8 Å². The third-order valence-corrected chi connectivity index (χ3v) is 8.52. The molecule has 2 heterocycles. The lowest BCUT2D eigenvalue weighted by molar-refractivity contribution is -0.144. The average Bonchev–Trinajstić information content (AvgIpc) is 3.12. The molecule has 4 aromatic carbocycles. The SMILES string of the molecule is O=C([C@H](Cc1ccccc1)N(Cc1ccc(-c2cncnc2)cc1)C(=O)C=Cc1ccc(C(F)(F)F)cc1)N1CCc2ccccc2C1. The molecule has 0 radical (unpaired) electrons. The number of rotatable bonds is 9. The quantitative estimate of drug-likeness (QED) is 0.157. The summed E-state index contributed by atoms with van der Waals surface area (Å²) in [6.07, 6.45) is 4.25. The van der Waals surface area contributed by atoms with Crippen molar-refractivity contribution in [3.05, 3.63) is 161 Å². The summed E-state index contributed by atoms with van der Waals surface area (Å²) in [6.45, 7) is 1.10. The molecule has 0 N–H and O–H groups in total. The molecule has 2 amide bonds. The Balaban J connectivity index is 1.34. The molecule has 0 unspecified atom stereocenters. The largest absolute Gasteiger partial charge is 0.416 e. The Morgan fingerprint density at radius 2 is 1.46 bits per heavy atom. The molecule has 6 rings (SSSR count). The number of fused-ring (bicyclic) bond motifs is 1. The maximum Gasteiger partial charge on any atom is 0.416 e. The number of amides is 2. The van der Waals surface area contributed by atoms with Gasteiger partial charge in [-0.1, -0.05) is 91.0 Å². The number of carbonyl (C=O) groups excluding carboxylic acids is 2. The monoisotopic (exact) mass is 646 g/mol. The van der Waals surface area contributed by atoms with Crippen molar-refractivity contribution in [2.45, 2.75) is 38.1 Å². The Hall–Kier alpha value is -5.57. The summed E-state index contributed by atoms with van der Waals surface area (Å²) in [4.78, 5) is 40.2. The maximum atomic E-state index is 14.5. The van der Waals surface area contributed by atoms with Crippen LogP contribution >= 0.6 is 0 Å². The zero-order chi connectivity index (χ0) is 33.5. The van der Waals surface area contributed by atoms with E-state index in [1.807, 2.05) is 77.7 Å². The lowest BCUT2D eigenvalue weighted by Crippen LogP contribution is -2.52. The lowest BCUT2D eigenvalue weighted by Gasteiger charge is -2.37. The van der Waals surface area contributed by atoms with Gasteiger partial charge in [-0.25, -0.2) is 9.97 Å². The van der Waals surface area contributed by atoms with Crippen molar-refractivity contribution in [2.75, 3.05) is 6.54 Å². The summed E-state index contributed by atoms with van der Waals surface area (Å²) in [5.41, 5.74) is 5.41. The second-order valence-electron chi connectivity index (χ2n) is 11.7. The van der Waals surface area contributed by atoms with Crippen LogP contribution in [0.3, 0.4) is 0 Å². The fourth-order valence-electron chi connectivity index (χ4n) is 5.90. The van der Waals surface area contributed by atoms with E-state index in [0.717, 1.165) is 39.9 Å². The molecule has 0 saturated heterocycles. The van der Waals surface area contributed by atoms with Crippen LogP contribution in [0.15, 0.2) is 128 Å². The highest BCUT2D eigenvalue weighted by Crippen LogP contribution is 2.29. The Bertz CT molecular complexity index is 1880. The van der Waals surface area contributed by atoms with Crippen molar-refractivity contribution in [3.8, 4) is 11.1 Å². The Kier molecular flexibility index (Phi) is 9.75. The van der Waals surface area contributed by atoms with Crippen LogP contribution in [0.5, 0.6) is 0 Å². The molecule has 0 fully saturated rings. The van der Waals surface area contributed by atoms with Gasteiger partial charge in [-0.3, -0.25) is 9.59 Å². The van der Waals surface area contributed by atoms with E-state index in [4.69, 9.17) is 0 Å². The molecule has 6 nitrogen and oxygen atoms in total. The third kappa shape index (κ3) is 7.86. The van der Waals surface area contributed by atoms with E-state index < -0.39 is 23.7 Å². The van der Waals surface area contributed by atoms with Crippen LogP contribution in [0, 0.1) is 0 Å². The van der Waals surface area contributed by atoms with Gasteiger partial charge >= 0.3 is 6.18 Å². The topological polar surface area (TPSA) is 66.4 Å². The highest BCUT2D eigenvalue weighted by molar-refractivity contribution is 5.96. The predicted octanol–water partition coefficient (Wildman–Crippen LogP) is 7.40. The predicted molar refractivity (Wildman–Crippen MR) is 178 cm³/mol. The van der Waals surface area contributed by atoms with E-state index in [2.05, 4.69) is 16.0 Å². The zero-order valence-electron chi connectivity index (χ0n) is 26.1. The molecule has 9 heteroatoms. The van der Waals surface area contributed by atoms with Crippen molar-refractivity contribution in [1.82, 2.24) is 19.8 Å². The number of halogens is 3. The average molecular weight is 647 g/mol. The van der Waals surface area contributed by atoms with Crippen molar-refractivity contribution >= 4 is 17.9 Å². The van der Waals surface area contributed by atoms with Gasteiger partial charge in [0.1, 0.15) is 12.4 Å². The third-order valence-electron chi connectivity index (χ3n) is 8.52. The summed E-state index contributed by atoms with van der Waals surface area (Å²) in [6, 6.07) is 29.0. The van der Waals surface area contributed by atoms with Gasteiger partial charge in [-0.2, -0.15) is 13.2 Å². The Labute approximate surface area is 277 Å². The van der Waals surface area contributed by atoms with Gasteiger partial charge in [-0.15, -0.1) is 0 Å². The second-order valence-corrected chi connectivity index (χ2v) is 11.7. The van der Waals surface area contributed by atoms with Crippen LogP contribution in [0.4, 0.5) is 13.2 Å². The standard InChI is InChI=1S/C39H33F3N4O2/c40-39(41,42)35-17-12-28(13-18-35)14-19-37(47)46(25-30-10-15-32(16-11-30)34-23-43-27-44-24-34)36(22-29-6-2-1-3-7-29)38(48)45-21-20-31-8-4-5-9-33(31)26-45/h1-19,23-24,27,36H,20-22,25-26H2/t36-/m0/s1. The van der Waals surface area contributed by atoms with Gasteiger partial charge in [0.05, 0.1) is 5.56 Å². The maximum absolute atomic E-state index is 14.5. The van der Waals surface area contributed by atoms with Crippen molar-refractivity contribution < 1.29 is 22.8 Å². The highest BCUT2D eigenvalue weighted by Gasteiger charge is 2.34. The van der Waals surface area contributed by atoms with Crippen LogP contribution in [-0.4, -0.2) is 44.2 Å². The lowest BCUT2D eigenvalue weighted by atomic mass is 9.97. The Morgan fingerprint density at radius 3 is 2.15 bits per heavy atom. The zero-order valence-corrected chi connectivity index (χ0v) is 26.1. The van der Waals surface area contributed by atoms with Crippen LogP contribution in [0.25, 0.3) is 17.2 Å². The van der Waals surface area contributed by atoms with Gasteiger partial charge in [0, 0.05) is 50.1 Å². The minimum Gasteiger partial charge on any atom is -0.336 e. The van der Waals surface area contributed by atoms with Crippen LogP contribution < -0.4 is 0 Å².